The fraction of sp³-hybridized carbons (Fsp3) is 0.0625. The summed E-state index contributed by atoms with van der Waals surface area (Å²) in [5.41, 5.74) is 2.21. The van der Waals surface area contributed by atoms with E-state index >= 15 is 0 Å². The fourth-order valence-corrected chi connectivity index (χ4v) is 1.92. The van der Waals surface area contributed by atoms with E-state index < -0.39 is 0 Å². The predicted octanol–water partition coefficient (Wildman–Crippen LogP) is 3.43. The molecule has 0 unspecified atom stereocenters. The second kappa shape index (κ2) is 6.17. The molecule has 0 saturated carbocycles. The standard InChI is InChI=1S/C16H13FN4O/c1-22-14-8-6-13(7-9-14)19-16-20-15(10-18-21-16)11-2-4-12(17)5-3-11/h2-10H,1H3,(H,19,20,21). The third-order valence-corrected chi connectivity index (χ3v) is 3.04. The molecule has 0 amide bonds. The summed E-state index contributed by atoms with van der Waals surface area (Å²) < 4.78 is 18.1. The van der Waals surface area contributed by atoms with Crippen molar-refractivity contribution in [2.75, 3.05) is 12.4 Å². The van der Waals surface area contributed by atoms with Crippen LogP contribution in [-0.4, -0.2) is 22.3 Å². The van der Waals surface area contributed by atoms with Gasteiger partial charge in [0.15, 0.2) is 0 Å². The van der Waals surface area contributed by atoms with Crippen molar-refractivity contribution in [3.05, 3.63) is 60.5 Å². The number of nitrogens with one attached hydrogen (secondary N) is 1. The van der Waals surface area contributed by atoms with Crippen LogP contribution in [0.4, 0.5) is 16.0 Å². The Hall–Kier alpha value is -3.02. The summed E-state index contributed by atoms with van der Waals surface area (Å²) in [4.78, 5) is 4.37. The van der Waals surface area contributed by atoms with Crippen LogP contribution in [0.1, 0.15) is 0 Å². The number of ether oxygens (including phenoxy) is 1. The van der Waals surface area contributed by atoms with Crippen molar-refractivity contribution in [2.45, 2.75) is 0 Å². The van der Waals surface area contributed by atoms with Crippen LogP contribution in [-0.2, 0) is 0 Å². The van der Waals surface area contributed by atoms with Gasteiger partial charge >= 0.3 is 0 Å². The molecule has 1 heterocycles. The Kier molecular flexibility index (Phi) is 3.91. The summed E-state index contributed by atoms with van der Waals surface area (Å²) in [5, 5.41) is 10.9. The maximum atomic E-state index is 13.0. The number of rotatable bonds is 4. The van der Waals surface area contributed by atoms with E-state index in [0.717, 1.165) is 17.0 Å². The van der Waals surface area contributed by atoms with E-state index in [2.05, 4.69) is 20.5 Å². The Morgan fingerprint density at radius 3 is 2.41 bits per heavy atom. The molecule has 0 atom stereocenters. The highest BCUT2D eigenvalue weighted by Gasteiger charge is 2.04. The first kappa shape index (κ1) is 13.9. The Labute approximate surface area is 126 Å². The molecule has 0 aliphatic heterocycles. The van der Waals surface area contributed by atoms with Gasteiger partial charge < -0.3 is 10.1 Å². The Morgan fingerprint density at radius 1 is 1.00 bits per heavy atom. The second-order valence-electron chi connectivity index (χ2n) is 4.53. The SMILES string of the molecule is COc1ccc(Nc2nncc(-c3ccc(F)cc3)n2)cc1. The zero-order valence-electron chi connectivity index (χ0n) is 11.8. The van der Waals surface area contributed by atoms with Crippen LogP contribution in [0.15, 0.2) is 54.7 Å². The lowest BCUT2D eigenvalue weighted by Crippen LogP contribution is -2.00. The zero-order chi connectivity index (χ0) is 15.4. The Morgan fingerprint density at radius 2 is 1.73 bits per heavy atom. The van der Waals surface area contributed by atoms with Crippen LogP contribution in [0.5, 0.6) is 5.75 Å². The minimum absolute atomic E-state index is 0.289. The van der Waals surface area contributed by atoms with Crippen LogP contribution < -0.4 is 10.1 Å². The van der Waals surface area contributed by atoms with E-state index in [0.29, 0.717) is 11.6 Å². The van der Waals surface area contributed by atoms with E-state index in [4.69, 9.17) is 4.74 Å². The molecule has 22 heavy (non-hydrogen) atoms. The highest BCUT2D eigenvalue weighted by Crippen LogP contribution is 2.20. The van der Waals surface area contributed by atoms with Crippen LogP contribution in [0.3, 0.4) is 0 Å². The van der Waals surface area contributed by atoms with Crippen molar-refractivity contribution in [3.63, 3.8) is 0 Å². The van der Waals surface area contributed by atoms with E-state index in [9.17, 15) is 4.39 Å². The van der Waals surface area contributed by atoms with Crippen molar-refractivity contribution in [3.8, 4) is 17.0 Å². The fourth-order valence-electron chi connectivity index (χ4n) is 1.92. The highest BCUT2D eigenvalue weighted by atomic mass is 19.1. The third kappa shape index (κ3) is 3.17. The number of methoxy groups -OCH3 is 1. The van der Waals surface area contributed by atoms with Crippen molar-refractivity contribution in [1.29, 1.82) is 0 Å². The molecule has 2 aromatic carbocycles. The maximum Gasteiger partial charge on any atom is 0.247 e. The minimum Gasteiger partial charge on any atom is -0.497 e. The molecule has 0 spiro atoms. The number of halogens is 1. The number of hydrogen-bond donors (Lipinski definition) is 1. The van der Waals surface area contributed by atoms with Crippen LogP contribution in [0.25, 0.3) is 11.3 Å². The van der Waals surface area contributed by atoms with Gasteiger partial charge in [0, 0.05) is 11.3 Å². The summed E-state index contributed by atoms with van der Waals surface area (Å²) in [6, 6.07) is 13.4. The van der Waals surface area contributed by atoms with E-state index in [-0.39, 0.29) is 5.82 Å². The number of benzene rings is 2. The second-order valence-corrected chi connectivity index (χ2v) is 4.53. The lowest BCUT2D eigenvalue weighted by atomic mass is 10.2. The van der Waals surface area contributed by atoms with Crippen molar-refractivity contribution in [1.82, 2.24) is 15.2 Å². The predicted molar refractivity (Wildman–Crippen MR) is 81.5 cm³/mol. The van der Waals surface area contributed by atoms with Gasteiger partial charge in [-0.1, -0.05) is 0 Å². The molecule has 3 rings (SSSR count). The van der Waals surface area contributed by atoms with Gasteiger partial charge in [0.2, 0.25) is 5.95 Å². The summed E-state index contributed by atoms with van der Waals surface area (Å²) in [6.45, 7) is 0. The molecule has 0 bridgehead atoms. The molecule has 6 heteroatoms. The molecular weight excluding hydrogens is 283 g/mol. The van der Waals surface area contributed by atoms with Crippen LogP contribution in [0, 0.1) is 5.82 Å². The molecule has 110 valence electrons. The topological polar surface area (TPSA) is 59.9 Å². The molecule has 0 fully saturated rings. The van der Waals surface area contributed by atoms with E-state index in [1.165, 1.54) is 18.3 Å². The monoisotopic (exact) mass is 296 g/mol. The summed E-state index contributed by atoms with van der Waals surface area (Å²) in [7, 11) is 1.61. The summed E-state index contributed by atoms with van der Waals surface area (Å²) in [5.74, 6) is 0.846. The van der Waals surface area contributed by atoms with E-state index in [1.807, 2.05) is 24.3 Å². The Balaban J connectivity index is 1.82. The lowest BCUT2D eigenvalue weighted by molar-refractivity contribution is 0.415. The average molecular weight is 296 g/mol. The molecule has 0 saturated heterocycles. The first-order chi connectivity index (χ1) is 10.7. The first-order valence-corrected chi connectivity index (χ1v) is 6.61. The maximum absolute atomic E-state index is 13.0. The third-order valence-electron chi connectivity index (χ3n) is 3.04. The van der Waals surface area contributed by atoms with Gasteiger partial charge in [-0.3, -0.25) is 0 Å². The van der Waals surface area contributed by atoms with Gasteiger partial charge in [0.1, 0.15) is 11.6 Å². The molecule has 1 aromatic heterocycles. The van der Waals surface area contributed by atoms with Gasteiger partial charge in [0.25, 0.3) is 0 Å². The molecule has 0 aliphatic carbocycles. The van der Waals surface area contributed by atoms with Crippen molar-refractivity contribution >= 4 is 11.6 Å². The van der Waals surface area contributed by atoms with E-state index in [1.54, 1.807) is 19.2 Å². The van der Waals surface area contributed by atoms with Crippen LogP contribution >= 0.6 is 0 Å². The average Bonchev–Trinajstić information content (AvgIpc) is 2.56. The molecular formula is C16H13FN4O. The van der Waals surface area contributed by atoms with Crippen LogP contribution in [0.2, 0.25) is 0 Å². The minimum atomic E-state index is -0.289. The molecule has 5 nitrogen and oxygen atoms in total. The lowest BCUT2D eigenvalue weighted by Gasteiger charge is -2.06. The van der Waals surface area contributed by atoms with Gasteiger partial charge in [-0.05, 0) is 48.5 Å². The quantitative estimate of drug-likeness (QED) is 0.799. The Bertz CT molecular complexity index is 760. The number of hydrogen-bond acceptors (Lipinski definition) is 5. The van der Waals surface area contributed by atoms with Crippen molar-refractivity contribution < 1.29 is 9.13 Å². The number of aromatic nitrogens is 3. The number of nitrogens with zero attached hydrogens (tertiary/aromatic N) is 3. The largest absolute Gasteiger partial charge is 0.497 e. The van der Waals surface area contributed by atoms with Gasteiger partial charge in [-0.25, -0.2) is 9.37 Å². The molecule has 1 N–H and O–H groups in total. The molecule has 0 radical (unpaired) electrons. The highest BCUT2D eigenvalue weighted by molar-refractivity contribution is 5.61. The summed E-state index contributed by atoms with van der Waals surface area (Å²) in [6.07, 6.45) is 1.53. The smallest absolute Gasteiger partial charge is 0.247 e. The zero-order valence-corrected chi connectivity index (χ0v) is 11.8. The number of anilines is 2. The van der Waals surface area contributed by atoms with Crippen molar-refractivity contribution in [2.24, 2.45) is 0 Å². The molecule has 3 aromatic rings. The van der Waals surface area contributed by atoms with Gasteiger partial charge in [-0.2, -0.15) is 5.10 Å². The first-order valence-electron chi connectivity index (χ1n) is 6.61. The summed E-state index contributed by atoms with van der Waals surface area (Å²) >= 11 is 0. The normalized spacial score (nSPS) is 10.3. The van der Waals surface area contributed by atoms with Gasteiger partial charge in [0.05, 0.1) is 19.0 Å². The molecule has 0 aliphatic rings. The van der Waals surface area contributed by atoms with Gasteiger partial charge in [-0.15, -0.1) is 5.10 Å².